The Bertz CT molecular complexity index is 1180. The first-order valence-electron chi connectivity index (χ1n) is 8.98. The van der Waals surface area contributed by atoms with E-state index in [0.29, 0.717) is 0 Å². The number of ether oxygens (including phenoxy) is 1. The molecule has 2 aliphatic rings. The molecule has 0 saturated carbocycles. The predicted octanol–water partition coefficient (Wildman–Crippen LogP) is 8.64. The summed E-state index contributed by atoms with van der Waals surface area (Å²) in [5.74, 6) is 1.91. The molecule has 0 unspecified atom stereocenters. The number of halogens is 2. The Balaban J connectivity index is 1.87. The number of hydrogen-bond acceptors (Lipinski definition) is 1. The normalized spacial score (nSPS) is 15.8. The molecule has 0 aliphatic carbocycles. The van der Waals surface area contributed by atoms with Gasteiger partial charge in [-0.3, -0.25) is 0 Å². The van der Waals surface area contributed by atoms with E-state index < -0.39 is 10.0 Å². The highest BCUT2D eigenvalue weighted by atomic mass is 79.9. The molecule has 0 bridgehead atoms. The Hall–Kier alpha value is -2.01. The minimum Gasteiger partial charge on any atom is -0.455 e. The Kier molecular flexibility index (Phi) is 3.62. The third-order valence-electron chi connectivity index (χ3n) is 5.42. The standard InChI is InChI=1S/C24H14Br2OS/c25-15-9-11-17-18-12-10-16(26)14-24(18)28(23(17)13-15)21-7-3-1-5-19(21)27-20-6-2-4-8-22(20)28/h1-14H. The highest BCUT2D eigenvalue weighted by molar-refractivity contribution is 9.10. The van der Waals surface area contributed by atoms with Gasteiger partial charge in [-0.25, -0.2) is 0 Å². The van der Waals surface area contributed by atoms with Crippen LogP contribution in [-0.2, 0) is 0 Å². The van der Waals surface area contributed by atoms with E-state index in [9.17, 15) is 0 Å². The fraction of sp³-hybridized carbons (Fsp3) is 0. The van der Waals surface area contributed by atoms with Crippen LogP contribution >= 0.6 is 41.9 Å². The minimum absolute atomic E-state index is 0.954. The van der Waals surface area contributed by atoms with Crippen LogP contribution in [0.25, 0.3) is 11.1 Å². The van der Waals surface area contributed by atoms with Gasteiger partial charge in [0.1, 0.15) is 11.5 Å². The maximum atomic E-state index is 6.35. The monoisotopic (exact) mass is 508 g/mol. The molecule has 0 aromatic heterocycles. The van der Waals surface area contributed by atoms with Gasteiger partial charge in [-0.15, -0.1) is 10.0 Å². The summed E-state index contributed by atoms with van der Waals surface area (Å²) in [6.45, 7) is 0. The minimum atomic E-state index is -1.63. The predicted molar refractivity (Wildman–Crippen MR) is 121 cm³/mol. The summed E-state index contributed by atoms with van der Waals surface area (Å²) in [7, 11) is -1.63. The summed E-state index contributed by atoms with van der Waals surface area (Å²) in [4.78, 5) is 5.28. The molecule has 0 amide bonds. The van der Waals surface area contributed by atoms with E-state index in [-0.39, 0.29) is 0 Å². The maximum absolute atomic E-state index is 6.35. The Morgan fingerprint density at radius 1 is 0.536 bits per heavy atom. The van der Waals surface area contributed by atoms with E-state index in [2.05, 4.69) is 117 Å². The zero-order valence-corrected chi connectivity index (χ0v) is 18.6. The zero-order valence-electron chi connectivity index (χ0n) is 14.7. The van der Waals surface area contributed by atoms with E-state index in [1.54, 1.807) is 0 Å². The fourth-order valence-corrected chi connectivity index (χ4v) is 9.81. The molecule has 1 spiro atoms. The molecule has 2 heterocycles. The fourth-order valence-electron chi connectivity index (χ4n) is 4.35. The summed E-state index contributed by atoms with van der Waals surface area (Å²) in [6, 6.07) is 30.4. The van der Waals surface area contributed by atoms with Crippen molar-refractivity contribution >= 4 is 41.9 Å². The summed E-state index contributed by atoms with van der Waals surface area (Å²) in [5.41, 5.74) is 2.62. The highest BCUT2D eigenvalue weighted by Gasteiger charge is 2.47. The first-order chi connectivity index (χ1) is 13.7. The van der Waals surface area contributed by atoms with Gasteiger partial charge in [0.15, 0.2) is 0 Å². The molecule has 0 N–H and O–H groups in total. The van der Waals surface area contributed by atoms with Gasteiger partial charge >= 0.3 is 0 Å². The molecular weight excluding hydrogens is 496 g/mol. The van der Waals surface area contributed by atoms with Crippen LogP contribution in [0.1, 0.15) is 0 Å². The van der Waals surface area contributed by atoms with Crippen LogP contribution in [0.2, 0.25) is 0 Å². The van der Waals surface area contributed by atoms with Crippen molar-refractivity contribution in [3.05, 3.63) is 93.9 Å². The highest BCUT2D eigenvalue weighted by Crippen LogP contribution is 2.84. The van der Waals surface area contributed by atoms with E-state index in [0.717, 1.165) is 20.4 Å². The molecule has 4 heteroatoms. The lowest BCUT2D eigenvalue weighted by Gasteiger charge is -2.43. The topological polar surface area (TPSA) is 9.23 Å². The van der Waals surface area contributed by atoms with Gasteiger partial charge < -0.3 is 4.74 Å². The van der Waals surface area contributed by atoms with E-state index in [1.807, 2.05) is 0 Å². The number of benzene rings is 4. The lowest BCUT2D eigenvalue weighted by Crippen LogP contribution is -2.09. The molecule has 1 nitrogen and oxygen atoms in total. The number of fused-ring (bicyclic) bond motifs is 9. The van der Waals surface area contributed by atoms with E-state index in [1.165, 1.54) is 30.7 Å². The molecule has 136 valence electrons. The van der Waals surface area contributed by atoms with Crippen molar-refractivity contribution in [2.24, 2.45) is 0 Å². The maximum Gasteiger partial charge on any atom is 0.140 e. The van der Waals surface area contributed by atoms with Crippen molar-refractivity contribution in [3.63, 3.8) is 0 Å². The molecule has 0 fully saturated rings. The van der Waals surface area contributed by atoms with E-state index in [4.69, 9.17) is 4.74 Å². The van der Waals surface area contributed by atoms with Gasteiger partial charge in [-0.1, -0.05) is 68.3 Å². The average Bonchev–Trinajstić information content (AvgIpc) is 2.98. The van der Waals surface area contributed by atoms with Crippen molar-refractivity contribution < 1.29 is 4.74 Å². The third-order valence-corrected chi connectivity index (χ3v) is 10.4. The summed E-state index contributed by atoms with van der Waals surface area (Å²) < 4.78 is 8.56. The van der Waals surface area contributed by atoms with Gasteiger partial charge in [-0.2, -0.15) is 0 Å². The molecule has 0 atom stereocenters. The van der Waals surface area contributed by atoms with Gasteiger partial charge in [0.25, 0.3) is 0 Å². The summed E-state index contributed by atoms with van der Waals surface area (Å²) in [5, 5.41) is 0. The molecule has 4 aromatic rings. The van der Waals surface area contributed by atoms with Crippen molar-refractivity contribution in [2.75, 3.05) is 0 Å². The van der Waals surface area contributed by atoms with Crippen molar-refractivity contribution in [1.82, 2.24) is 0 Å². The van der Waals surface area contributed by atoms with Gasteiger partial charge in [0.05, 0.1) is 0 Å². The molecule has 28 heavy (non-hydrogen) atoms. The number of para-hydroxylation sites is 2. The smallest absolute Gasteiger partial charge is 0.140 e. The Morgan fingerprint density at radius 3 is 1.50 bits per heavy atom. The Morgan fingerprint density at radius 2 is 1.00 bits per heavy atom. The van der Waals surface area contributed by atoms with Gasteiger partial charge in [0.2, 0.25) is 0 Å². The molecule has 6 rings (SSSR count). The van der Waals surface area contributed by atoms with Crippen LogP contribution < -0.4 is 4.74 Å². The molecule has 4 aromatic carbocycles. The lowest BCUT2D eigenvalue weighted by atomic mass is 10.1. The number of hydrogen-bond donors (Lipinski definition) is 0. The van der Waals surface area contributed by atoms with Gasteiger partial charge in [-0.05, 0) is 59.7 Å². The summed E-state index contributed by atoms with van der Waals surface area (Å²) >= 11 is 7.45. The van der Waals surface area contributed by atoms with Crippen LogP contribution in [-0.4, -0.2) is 0 Å². The molecule has 2 aliphatic heterocycles. The third kappa shape index (κ3) is 2.08. The zero-order chi connectivity index (χ0) is 18.9. The summed E-state index contributed by atoms with van der Waals surface area (Å²) in [6.07, 6.45) is 0. The number of rotatable bonds is 0. The second-order valence-electron chi connectivity index (χ2n) is 6.89. The van der Waals surface area contributed by atoms with Crippen LogP contribution in [0.3, 0.4) is 0 Å². The average molecular weight is 510 g/mol. The molecular formula is C24H14Br2OS. The van der Waals surface area contributed by atoms with Gasteiger partial charge in [0, 0.05) is 28.5 Å². The Labute approximate surface area is 181 Å². The van der Waals surface area contributed by atoms with Crippen LogP contribution in [0.5, 0.6) is 11.5 Å². The quantitative estimate of drug-likeness (QED) is 0.199. The molecule has 0 radical (unpaired) electrons. The second kappa shape index (κ2) is 5.99. The SMILES string of the molecule is Brc1ccc2c(c1)S1(c3ccccc3Oc3ccccc31)c1cc(Br)ccc1-2. The van der Waals surface area contributed by atoms with Crippen LogP contribution in [0, 0.1) is 0 Å². The van der Waals surface area contributed by atoms with E-state index >= 15 is 0 Å². The molecule has 0 saturated heterocycles. The van der Waals surface area contributed by atoms with Crippen molar-refractivity contribution in [2.45, 2.75) is 19.6 Å². The first-order valence-corrected chi connectivity index (χ1v) is 12.2. The second-order valence-corrected chi connectivity index (χ2v) is 11.7. The first kappa shape index (κ1) is 16.9. The van der Waals surface area contributed by atoms with Crippen LogP contribution in [0.4, 0.5) is 0 Å². The van der Waals surface area contributed by atoms with Crippen LogP contribution in [0.15, 0.2) is 113 Å². The van der Waals surface area contributed by atoms with Crippen molar-refractivity contribution in [1.29, 1.82) is 0 Å². The van der Waals surface area contributed by atoms with Crippen molar-refractivity contribution in [3.8, 4) is 22.6 Å². The lowest BCUT2D eigenvalue weighted by molar-refractivity contribution is 0.452. The largest absolute Gasteiger partial charge is 0.455 e.